The van der Waals surface area contributed by atoms with Gasteiger partial charge >= 0.3 is 0 Å². The Balaban J connectivity index is 1.30. The van der Waals surface area contributed by atoms with Crippen LogP contribution in [-0.2, 0) is 6.54 Å². The van der Waals surface area contributed by atoms with E-state index in [9.17, 15) is 4.79 Å². The number of amides is 1. The van der Waals surface area contributed by atoms with Gasteiger partial charge in [0.1, 0.15) is 5.69 Å². The molecule has 1 N–H and O–H groups in total. The Morgan fingerprint density at radius 2 is 2.29 bits per heavy atom. The topological polar surface area (TPSA) is 71.3 Å². The van der Waals surface area contributed by atoms with Crippen LogP contribution in [0.5, 0.6) is 0 Å². The van der Waals surface area contributed by atoms with Crippen LogP contribution in [0.25, 0.3) is 11.4 Å². The van der Waals surface area contributed by atoms with Crippen molar-refractivity contribution >= 4 is 17.2 Å². The Labute approximate surface area is 168 Å². The molecule has 1 unspecified atom stereocenters. The van der Waals surface area contributed by atoms with E-state index in [0.29, 0.717) is 12.5 Å². The number of hydrogen-bond acceptors (Lipinski definition) is 6. The van der Waals surface area contributed by atoms with E-state index in [1.54, 1.807) is 6.20 Å². The molecule has 146 valence electrons. The van der Waals surface area contributed by atoms with Gasteiger partial charge in [-0.2, -0.15) is 0 Å². The van der Waals surface area contributed by atoms with Crippen LogP contribution >= 0.6 is 11.3 Å². The Hall–Kier alpha value is -2.51. The lowest BCUT2D eigenvalue weighted by atomic mass is 9.98. The van der Waals surface area contributed by atoms with E-state index in [0.717, 1.165) is 60.1 Å². The summed E-state index contributed by atoms with van der Waals surface area (Å²) in [6.07, 6.45) is 4.01. The molecule has 0 bridgehead atoms. The van der Waals surface area contributed by atoms with Crippen molar-refractivity contribution in [1.82, 2.24) is 20.4 Å². The SMILES string of the molecule is Cc1ccsc1C(=O)NCC1CCCN(Cc2cc(-c3ccccn3)no2)C1. The molecule has 3 aromatic rings. The third-order valence-corrected chi connectivity index (χ3v) is 6.10. The lowest BCUT2D eigenvalue weighted by Gasteiger charge is -2.32. The molecular weight excluding hydrogens is 372 g/mol. The average Bonchev–Trinajstić information content (AvgIpc) is 3.36. The van der Waals surface area contributed by atoms with Crippen LogP contribution in [0.3, 0.4) is 0 Å². The fourth-order valence-corrected chi connectivity index (χ4v) is 4.47. The van der Waals surface area contributed by atoms with Gasteiger partial charge < -0.3 is 9.84 Å². The molecule has 28 heavy (non-hydrogen) atoms. The van der Waals surface area contributed by atoms with Crippen molar-refractivity contribution in [2.45, 2.75) is 26.3 Å². The molecule has 7 heteroatoms. The maximum atomic E-state index is 12.3. The number of thiophene rings is 1. The highest BCUT2D eigenvalue weighted by Crippen LogP contribution is 2.21. The van der Waals surface area contributed by atoms with Crippen LogP contribution < -0.4 is 5.32 Å². The number of carbonyl (C=O) groups excluding carboxylic acids is 1. The van der Waals surface area contributed by atoms with Crippen LogP contribution in [0, 0.1) is 12.8 Å². The van der Waals surface area contributed by atoms with Crippen molar-refractivity contribution < 1.29 is 9.32 Å². The first-order chi connectivity index (χ1) is 13.7. The van der Waals surface area contributed by atoms with Gasteiger partial charge in [-0.25, -0.2) is 0 Å². The van der Waals surface area contributed by atoms with Gasteiger partial charge in [0.05, 0.1) is 17.1 Å². The van der Waals surface area contributed by atoms with Gasteiger partial charge in [0.2, 0.25) is 0 Å². The molecule has 1 amide bonds. The molecule has 1 aliphatic rings. The van der Waals surface area contributed by atoms with Crippen LogP contribution in [0.15, 0.2) is 46.4 Å². The Kier molecular flexibility index (Phi) is 5.83. The summed E-state index contributed by atoms with van der Waals surface area (Å²) in [4.78, 5) is 19.8. The number of nitrogens with one attached hydrogen (secondary N) is 1. The molecule has 4 rings (SSSR count). The second kappa shape index (κ2) is 8.67. The van der Waals surface area contributed by atoms with E-state index >= 15 is 0 Å². The van der Waals surface area contributed by atoms with E-state index in [1.807, 2.05) is 42.6 Å². The smallest absolute Gasteiger partial charge is 0.261 e. The van der Waals surface area contributed by atoms with Crippen LogP contribution in [0.4, 0.5) is 0 Å². The summed E-state index contributed by atoms with van der Waals surface area (Å²) < 4.78 is 5.52. The van der Waals surface area contributed by atoms with Crippen molar-refractivity contribution in [2.24, 2.45) is 5.92 Å². The summed E-state index contributed by atoms with van der Waals surface area (Å²) in [5, 5.41) is 9.22. The first-order valence-electron chi connectivity index (χ1n) is 9.60. The molecule has 1 fully saturated rings. The molecule has 0 saturated carbocycles. The molecule has 0 aromatic carbocycles. The van der Waals surface area contributed by atoms with Crippen molar-refractivity contribution in [2.75, 3.05) is 19.6 Å². The summed E-state index contributed by atoms with van der Waals surface area (Å²) in [6.45, 7) is 5.40. The minimum absolute atomic E-state index is 0.0415. The zero-order valence-corrected chi connectivity index (χ0v) is 16.7. The van der Waals surface area contributed by atoms with Crippen LogP contribution in [0.1, 0.15) is 33.8 Å². The maximum absolute atomic E-state index is 12.3. The Morgan fingerprint density at radius 3 is 3.07 bits per heavy atom. The fraction of sp³-hybridized carbons (Fsp3) is 0.381. The van der Waals surface area contributed by atoms with E-state index in [4.69, 9.17) is 4.52 Å². The number of likely N-dealkylation sites (tertiary alicyclic amines) is 1. The molecule has 4 heterocycles. The zero-order chi connectivity index (χ0) is 19.3. The third-order valence-electron chi connectivity index (χ3n) is 5.09. The number of carbonyl (C=O) groups is 1. The van der Waals surface area contributed by atoms with Crippen molar-refractivity contribution in [3.8, 4) is 11.4 Å². The number of aryl methyl sites for hydroxylation is 1. The van der Waals surface area contributed by atoms with Gasteiger partial charge in [0, 0.05) is 25.4 Å². The van der Waals surface area contributed by atoms with Gasteiger partial charge in [-0.05, 0) is 61.4 Å². The van der Waals surface area contributed by atoms with Crippen molar-refractivity contribution in [1.29, 1.82) is 0 Å². The highest BCUT2D eigenvalue weighted by molar-refractivity contribution is 7.12. The molecule has 1 aliphatic heterocycles. The molecule has 1 saturated heterocycles. The van der Waals surface area contributed by atoms with Crippen LogP contribution in [0.2, 0.25) is 0 Å². The fourth-order valence-electron chi connectivity index (χ4n) is 3.63. The van der Waals surface area contributed by atoms with Gasteiger partial charge in [-0.3, -0.25) is 14.7 Å². The predicted molar refractivity (Wildman–Crippen MR) is 109 cm³/mol. The highest BCUT2D eigenvalue weighted by atomic mass is 32.1. The maximum Gasteiger partial charge on any atom is 0.261 e. The number of aromatic nitrogens is 2. The first kappa shape index (κ1) is 18.8. The van der Waals surface area contributed by atoms with Crippen molar-refractivity contribution in [3.05, 3.63) is 58.1 Å². The highest BCUT2D eigenvalue weighted by Gasteiger charge is 2.22. The third kappa shape index (κ3) is 4.48. The van der Waals surface area contributed by atoms with E-state index in [1.165, 1.54) is 11.3 Å². The molecule has 0 spiro atoms. The number of rotatable bonds is 6. The number of pyridine rings is 1. The average molecular weight is 397 g/mol. The normalized spacial score (nSPS) is 17.5. The van der Waals surface area contributed by atoms with E-state index in [2.05, 4.69) is 20.4 Å². The van der Waals surface area contributed by atoms with Crippen molar-refractivity contribution in [3.63, 3.8) is 0 Å². The Morgan fingerprint density at radius 1 is 1.36 bits per heavy atom. The predicted octanol–water partition coefficient (Wildman–Crippen LogP) is 3.75. The van der Waals surface area contributed by atoms with Gasteiger partial charge in [0.15, 0.2) is 5.76 Å². The Bertz CT molecular complexity index is 921. The van der Waals surface area contributed by atoms with Crippen LogP contribution in [-0.4, -0.2) is 40.6 Å². The summed E-state index contributed by atoms with van der Waals surface area (Å²) >= 11 is 1.50. The minimum Gasteiger partial charge on any atom is -0.359 e. The molecule has 0 radical (unpaired) electrons. The molecule has 6 nitrogen and oxygen atoms in total. The van der Waals surface area contributed by atoms with Gasteiger partial charge in [-0.1, -0.05) is 11.2 Å². The monoisotopic (exact) mass is 396 g/mol. The van der Waals surface area contributed by atoms with Gasteiger partial charge in [0.25, 0.3) is 5.91 Å². The second-order valence-corrected chi connectivity index (χ2v) is 8.20. The standard InChI is InChI=1S/C21H24N4O2S/c1-15-7-10-28-20(15)21(26)23-12-16-5-4-9-25(13-16)14-17-11-19(24-27-17)18-6-2-3-8-22-18/h2-3,6-8,10-11,16H,4-5,9,12-14H2,1H3,(H,23,26). The summed E-state index contributed by atoms with van der Waals surface area (Å²) in [7, 11) is 0. The number of nitrogens with zero attached hydrogens (tertiary/aromatic N) is 3. The van der Waals surface area contributed by atoms with Gasteiger partial charge in [-0.15, -0.1) is 11.3 Å². The first-order valence-corrected chi connectivity index (χ1v) is 10.5. The summed E-state index contributed by atoms with van der Waals surface area (Å²) in [5.41, 5.74) is 2.63. The lowest BCUT2D eigenvalue weighted by Crippen LogP contribution is -2.40. The van der Waals surface area contributed by atoms with E-state index < -0.39 is 0 Å². The number of hydrogen-bond donors (Lipinski definition) is 1. The summed E-state index contributed by atoms with van der Waals surface area (Å²) in [5.74, 6) is 1.34. The molecule has 0 aliphatic carbocycles. The molecular formula is C21H24N4O2S. The minimum atomic E-state index is 0.0415. The lowest BCUT2D eigenvalue weighted by molar-refractivity contribution is 0.0931. The van der Waals surface area contributed by atoms with E-state index in [-0.39, 0.29) is 5.91 Å². The second-order valence-electron chi connectivity index (χ2n) is 7.28. The molecule has 1 atom stereocenters. The quantitative estimate of drug-likeness (QED) is 0.687. The largest absolute Gasteiger partial charge is 0.359 e. The number of piperidine rings is 1. The zero-order valence-electron chi connectivity index (χ0n) is 15.9. The molecule has 3 aromatic heterocycles. The summed E-state index contributed by atoms with van der Waals surface area (Å²) in [6, 6.07) is 9.71.